The number of carboxylic acids is 1. The molecule has 0 spiro atoms. The van der Waals surface area contributed by atoms with Crippen LogP contribution in [-0.4, -0.2) is 11.1 Å². The number of carboxylic acid groups (broad SMARTS) is 1. The van der Waals surface area contributed by atoms with E-state index in [4.69, 9.17) is 10.8 Å². The predicted octanol–water partition coefficient (Wildman–Crippen LogP) is 2.07. The van der Waals surface area contributed by atoms with Crippen LogP contribution in [0, 0.1) is 0 Å². The zero-order valence-electron chi connectivity index (χ0n) is 7.40. The van der Waals surface area contributed by atoms with Gasteiger partial charge in [0.1, 0.15) is 0 Å². The van der Waals surface area contributed by atoms with E-state index in [0.717, 1.165) is 5.56 Å². The van der Waals surface area contributed by atoms with E-state index in [1.165, 1.54) is 0 Å². The molecule has 3 heteroatoms. The molecule has 3 N–H and O–H groups in total. The molecule has 0 amide bonds. The highest BCUT2D eigenvalue weighted by molar-refractivity contribution is 6.03. The highest BCUT2D eigenvalue weighted by Crippen LogP contribution is 2.32. The number of nitrogens with two attached hydrogens (primary N) is 1. The highest BCUT2D eigenvalue weighted by Gasteiger charge is 2.18. The van der Waals surface area contributed by atoms with Crippen molar-refractivity contribution in [1.82, 2.24) is 0 Å². The molecule has 0 aromatic heterocycles. The number of aromatic carboxylic acids is 1. The maximum Gasteiger partial charge on any atom is 0.338 e. The van der Waals surface area contributed by atoms with Crippen molar-refractivity contribution in [3.63, 3.8) is 0 Å². The van der Waals surface area contributed by atoms with Gasteiger partial charge in [0.2, 0.25) is 0 Å². The molecule has 0 aromatic rings. The van der Waals surface area contributed by atoms with Crippen LogP contribution in [0.1, 0.15) is 10.4 Å². The Morgan fingerprint density at radius 2 is 1.93 bits per heavy atom. The molecule has 14 heavy (non-hydrogen) atoms. The second kappa shape index (κ2) is 3.03. The van der Waals surface area contributed by atoms with Gasteiger partial charge in [-0.15, -0.1) is 0 Å². The SMILES string of the molecule is Nc1cc2cccccc-2c1C(=O)O. The van der Waals surface area contributed by atoms with Gasteiger partial charge >= 0.3 is 5.97 Å². The normalized spacial score (nSPS) is 10.3. The summed E-state index contributed by atoms with van der Waals surface area (Å²) < 4.78 is 0. The van der Waals surface area contributed by atoms with E-state index in [0.29, 0.717) is 11.3 Å². The summed E-state index contributed by atoms with van der Waals surface area (Å²) in [6.45, 7) is 0. The van der Waals surface area contributed by atoms with Gasteiger partial charge in [0, 0.05) is 5.69 Å². The number of hydrogen-bond donors (Lipinski definition) is 2. The molecule has 70 valence electrons. The molecule has 2 rings (SSSR count). The first kappa shape index (κ1) is 8.56. The van der Waals surface area contributed by atoms with E-state index in [1.807, 2.05) is 18.2 Å². The summed E-state index contributed by atoms with van der Waals surface area (Å²) in [4.78, 5) is 10.9. The number of nitrogen functional groups attached to an aromatic ring is 1. The molecule has 0 bridgehead atoms. The Hall–Kier alpha value is -2.03. The van der Waals surface area contributed by atoms with Gasteiger partial charge in [0.15, 0.2) is 0 Å². The fourth-order valence-corrected chi connectivity index (χ4v) is 1.55. The Kier molecular flexibility index (Phi) is 1.85. The first-order valence-corrected chi connectivity index (χ1v) is 4.20. The monoisotopic (exact) mass is 187 g/mol. The van der Waals surface area contributed by atoms with Gasteiger partial charge in [-0.25, -0.2) is 4.79 Å². The Bertz CT molecular complexity index is 465. The first-order chi connectivity index (χ1) is 6.70. The fraction of sp³-hybridized carbons (Fsp3) is 0. The topological polar surface area (TPSA) is 63.3 Å². The van der Waals surface area contributed by atoms with E-state index in [1.54, 1.807) is 18.2 Å². The standard InChI is InChI=1S/C11H9NO2/c12-9-6-7-4-2-1-3-5-8(7)10(9)11(13)14/h1-6H,12H2,(H,13,14). The molecule has 0 heterocycles. The summed E-state index contributed by atoms with van der Waals surface area (Å²) in [5.41, 5.74) is 7.66. The summed E-state index contributed by atoms with van der Waals surface area (Å²) in [5.74, 6) is -0.983. The van der Waals surface area contributed by atoms with Gasteiger partial charge in [-0.1, -0.05) is 30.3 Å². The number of hydrogen-bond acceptors (Lipinski definition) is 2. The lowest BCUT2D eigenvalue weighted by molar-refractivity contribution is 0.0699. The average molecular weight is 187 g/mol. The van der Waals surface area contributed by atoms with Crippen molar-refractivity contribution in [3.8, 4) is 11.1 Å². The molecular weight excluding hydrogens is 178 g/mol. The van der Waals surface area contributed by atoms with Crippen molar-refractivity contribution in [1.29, 1.82) is 0 Å². The smallest absolute Gasteiger partial charge is 0.338 e. The Balaban J connectivity index is 2.77. The molecule has 0 atom stereocenters. The summed E-state index contributed by atoms with van der Waals surface area (Å²) in [6.07, 6.45) is 0. The van der Waals surface area contributed by atoms with Crippen molar-refractivity contribution in [2.75, 3.05) is 5.73 Å². The van der Waals surface area contributed by atoms with Gasteiger partial charge in [-0.2, -0.15) is 0 Å². The first-order valence-electron chi connectivity index (χ1n) is 4.20. The largest absolute Gasteiger partial charge is 0.478 e. The van der Waals surface area contributed by atoms with Crippen LogP contribution in [0.4, 0.5) is 5.69 Å². The van der Waals surface area contributed by atoms with Crippen molar-refractivity contribution >= 4 is 11.7 Å². The van der Waals surface area contributed by atoms with Gasteiger partial charge < -0.3 is 10.8 Å². The van der Waals surface area contributed by atoms with Crippen molar-refractivity contribution < 1.29 is 9.90 Å². The molecule has 3 nitrogen and oxygen atoms in total. The zero-order valence-corrected chi connectivity index (χ0v) is 7.40. The second-order valence-electron chi connectivity index (χ2n) is 3.06. The van der Waals surface area contributed by atoms with Crippen LogP contribution in [0.25, 0.3) is 11.1 Å². The van der Waals surface area contributed by atoms with Crippen LogP contribution in [0.2, 0.25) is 0 Å². The van der Waals surface area contributed by atoms with Crippen LogP contribution in [0.15, 0.2) is 36.4 Å². The van der Waals surface area contributed by atoms with E-state index in [2.05, 4.69) is 0 Å². The van der Waals surface area contributed by atoms with Crippen molar-refractivity contribution in [2.45, 2.75) is 0 Å². The minimum Gasteiger partial charge on any atom is -0.478 e. The Morgan fingerprint density at radius 1 is 1.21 bits per heavy atom. The number of anilines is 1. The molecule has 0 fully saturated rings. The van der Waals surface area contributed by atoms with E-state index < -0.39 is 5.97 Å². The summed E-state index contributed by atoms with van der Waals surface area (Å²) in [7, 11) is 0. The van der Waals surface area contributed by atoms with Crippen molar-refractivity contribution in [3.05, 3.63) is 42.0 Å². The van der Waals surface area contributed by atoms with E-state index in [9.17, 15) is 4.79 Å². The molecule has 2 aliphatic carbocycles. The molecule has 0 saturated heterocycles. The third-order valence-corrected chi connectivity index (χ3v) is 2.15. The number of rotatable bonds is 1. The minimum atomic E-state index is -0.983. The number of fused-ring (bicyclic) bond motifs is 1. The summed E-state index contributed by atoms with van der Waals surface area (Å²) in [5, 5.41) is 8.95. The Morgan fingerprint density at radius 3 is 2.64 bits per heavy atom. The molecule has 0 aliphatic heterocycles. The molecule has 0 unspecified atom stereocenters. The van der Waals surface area contributed by atoms with Crippen molar-refractivity contribution in [2.24, 2.45) is 0 Å². The Labute approximate surface area is 81.1 Å². The predicted molar refractivity (Wildman–Crippen MR) is 54.4 cm³/mol. The summed E-state index contributed by atoms with van der Waals surface area (Å²) in [6, 6.07) is 10.8. The quantitative estimate of drug-likeness (QED) is 0.718. The molecule has 0 radical (unpaired) electrons. The van der Waals surface area contributed by atoms with Gasteiger partial charge in [-0.05, 0) is 17.2 Å². The third-order valence-electron chi connectivity index (χ3n) is 2.15. The van der Waals surface area contributed by atoms with E-state index >= 15 is 0 Å². The number of carbonyl (C=O) groups is 1. The maximum atomic E-state index is 10.9. The molecule has 0 aromatic carbocycles. The van der Waals surface area contributed by atoms with Crippen LogP contribution >= 0.6 is 0 Å². The van der Waals surface area contributed by atoms with Gasteiger partial charge in [0.25, 0.3) is 0 Å². The van der Waals surface area contributed by atoms with Crippen LogP contribution in [-0.2, 0) is 0 Å². The van der Waals surface area contributed by atoms with Crippen LogP contribution in [0.3, 0.4) is 0 Å². The second-order valence-corrected chi connectivity index (χ2v) is 3.06. The van der Waals surface area contributed by atoms with Gasteiger partial charge in [0.05, 0.1) is 5.56 Å². The lowest BCUT2D eigenvalue weighted by atomic mass is 10.1. The lowest BCUT2D eigenvalue weighted by Gasteiger charge is -1.95. The maximum absolute atomic E-state index is 10.9. The fourth-order valence-electron chi connectivity index (χ4n) is 1.55. The molecular formula is C11H9NO2. The zero-order chi connectivity index (χ0) is 10.1. The summed E-state index contributed by atoms with van der Waals surface area (Å²) >= 11 is 0. The molecule has 2 aliphatic rings. The minimum absolute atomic E-state index is 0.191. The average Bonchev–Trinajstić information content (AvgIpc) is 2.31. The lowest BCUT2D eigenvalue weighted by Crippen LogP contribution is -1.99. The third kappa shape index (κ3) is 1.19. The van der Waals surface area contributed by atoms with Crippen LogP contribution < -0.4 is 5.73 Å². The molecule has 0 saturated carbocycles. The van der Waals surface area contributed by atoms with E-state index in [-0.39, 0.29) is 5.56 Å². The van der Waals surface area contributed by atoms with Crippen LogP contribution in [0.5, 0.6) is 0 Å². The highest BCUT2D eigenvalue weighted by atomic mass is 16.4. The van der Waals surface area contributed by atoms with Gasteiger partial charge in [-0.3, -0.25) is 0 Å².